The Hall–Kier alpha value is -3.22. The molecule has 1 amide bonds. The van der Waals surface area contributed by atoms with E-state index in [0.717, 1.165) is 17.1 Å². The van der Waals surface area contributed by atoms with Crippen molar-refractivity contribution < 1.29 is 4.79 Å². The Kier molecular flexibility index (Phi) is 4.74. The zero-order valence-corrected chi connectivity index (χ0v) is 14.4. The van der Waals surface area contributed by atoms with E-state index in [2.05, 4.69) is 20.3 Å². The second-order valence-corrected chi connectivity index (χ2v) is 5.88. The Labute approximate surface area is 146 Å². The standard InChI is InChI=1S/C18H20N6O/c1-23(2)14-6-4-13(5-7-14)16(17-21-10-11-24(17)3)22-18(25)15-12-19-8-9-20-15/h4-12,16H,1-3H3,(H,22,25). The van der Waals surface area contributed by atoms with E-state index in [9.17, 15) is 4.79 Å². The van der Waals surface area contributed by atoms with Crippen LogP contribution in [-0.4, -0.2) is 39.5 Å². The van der Waals surface area contributed by atoms with Gasteiger partial charge in [-0.3, -0.25) is 9.78 Å². The van der Waals surface area contributed by atoms with Crippen LogP contribution < -0.4 is 10.2 Å². The molecule has 3 aromatic rings. The summed E-state index contributed by atoms with van der Waals surface area (Å²) in [6, 6.07) is 7.63. The first-order valence-corrected chi connectivity index (χ1v) is 7.87. The quantitative estimate of drug-likeness (QED) is 0.769. The number of hydrogen-bond acceptors (Lipinski definition) is 5. The summed E-state index contributed by atoms with van der Waals surface area (Å²) in [5.41, 5.74) is 2.30. The molecule has 0 fully saturated rings. The lowest BCUT2D eigenvalue weighted by molar-refractivity contribution is 0.0935. The minimum absolute atomic E-state index is 0.270. The largest absolute Gasteiger partial charge is 0.378 e. The van der Waals surface area contributed by atoms with Gasteiger partial charge >= 0.3 is 0 Å². The number of rotatable bonds is 5. The number of anilines is 1. The lowest BCUT2D eigenvalue weighted by Crippen LogP contribution is -2.31. The first-order chi connectivity index (χ1) is 12.1. The van der Waals surface area contributed by atoms with Gasteiger partial charge in [-0.1, -0.05) is 12.1 Å². The molecule has 2 aromatic heterocycles. The molecule has 3 rings (SSSR count). The molecule has 0 saturated carbocycles. The van der Waals surface area contributed by atoms with Gasteiger partial charge in [0, 0.05) is 51.6 Å². The van der Waals surface area contributed by atoms with Crippen molar-refractivity contribution in [2.75, 3.05) is 19.0 Å². The molecule has 1 aromatic carbocycles. The highest BCUT2D eigenvalue weighted by molar-refractivity contribution is 5.92. The summed E-state index contributed by atoms with van der Waals surface area (Å²) in [5, 5.41) is 3.00. The first-order valence-electron chi connectivity index (χ1n) is 7.87. The minimum Gasteiger partial charge on any atom is -0.378 e. The number of imidazole rings is 1. The smallest absolute Gasteiger partial charge is 0.272 e. The normalized spacial score (nSPS) is 11.8. The topological polar surface area (TPSA) is 75.9 Å². The summed E-state index contributed by atoms with van der Waals surface area (Å²) in [5.74, 6) is 0.452. The lowest BCUT2D eigenvalue weighted by atomic mass is 10.0. The van der Waals surface area contributed by atoms with Crippen LogP contribution in [0, 0.1) is 0 Å². The number of hydrogen-bond donors (Lipinski definition) is 1. The Morgan fingerprint density at radius 1 is 1.12 bits per heavy atom. The molecule has 2 heterocycles. The van der Waals surface area contributed by atoms with E-state index < -0.39 is 0 Å². The van der Waals surface area contributed by atoms with Gasteiger partial charge in [-0.2, -0.15) is 0 Å². The number of carbonyl (C=O) groups is 1. The van der Waals surface area contributed by atoms with Crippen molar-refractivity contribution in [3.63, 3.8) is 0 Å². The van der Waals surface area contributed by atoms with Crippen LogP contribution in [0.1, 0.15) is 27.9 Å². The number of benzene rings is 1. The van der Waals surface area contributed by atoms with E-state index in [4.69, 9.17) is 0 Å². The molecule has 0 aliphatic rings. The predicted molar refractivity (Wildman–Crippen MR) is 95.3 cm³/mol. The molecule has 0 aliphatic heterocycles. The van der Waals surface area contributed by atoms with E-state index in [0.29, 0.717) is 0 Å². The van der Waals surface area contributed by atoms with E-state index in [1.165, 1.54) is 18.6 Å². The second kappa shape index (κ2) is 7.12. The fourth-order valence-corrected chi connectivity index (χ4v) is 2.54. The lowest BCUT2D eigenvalue weighted by Gasteiger charge is -2.20. The summed E-state index contributed by atoms with van der Waals surface area (Å²) in [7, 11) is 5.88. The van der Waals surface area contributed by atoms with E-state index in [-0.39, 0.29) is 17.6 Å². The Morgan fingerprint density at radius 3 is 2.44 bits per heavy atom. The number of aryl methyl sites for hydroxylation is 1. The van der Waals surface area contributed by atoms with Crippen molar-refractivity contribution in [1.29, 1.82) is 0 Å². The van der Waals surface area contributed by atoms with Crippen LogP contribution in [0.25, 0.3) is 0 Å². The second-order valence-electron chi connectivity index (χ2n) is 5.88. The van der Waals surface area contributed by atoms with Crippen molar-refractivity contribution in [2.24, 2.45) is 7.05 Å². The Morgan fingerprint density at radius 2 is 1.88 bits per heavy atom. The molecule has 0 aliphatic carbocycles. The highest BCUT2D eigenvalue weighted by atomic mass is 16.2. The fourth-order valence-electron chi connectivity index (χ4n) is 2.54. The maximum Gasteiger partial charge on any atom is 0.272 e. The van der Waals surface area contributed by atoms with Crippen LogP contribution in [0.5, 0.6) is 0 Å². The van der Waals surface area contributed by atoms with Crippen molar-refractivity contribution >= 4 is 11.6 Å². The Balaban J connectivity index is 1.93. The molecule has 0 radical (unpaired) electrons. The molecule has 7 nitrogen and oxygen atoms in total. The molecular formula is C18H20N6O. The number of aromatic nitrogens is 4. The molecule has 1 atom stereocenters. The summed E-state index contributed by atoms with van der Waals surface area (Å²) >= 11 is 0. The summed E-state index contributed by atoms with van der Waals surface area (Å²) in [6.07, 6.45) is 8.04. The van der Waals surface area contributed by atoms with Crippen molar-refractivity contribution in [2.45, 2.75) is 6.04 Å². The molecular weight excluding hydrogens is 316 g/mol. The molecule has 1 N–H and O–H groups in total. The van der Waals surface area contributed by atoms with Gasteiger partial charge in [0.1, 0.15) is 17.6 Å². The van der Waals surface area contributed by atoms with Gasteiger partial charge < -0.3 is 14.8 Å². The van der Waals surface area contributed by atoms with Gasteiger partial charge in [0.15, 0.2) is 0 Å². The van der Waals surface area contributed by atoms with Crippen LogP contribution in [0.4, 0.5) is 5.69 Å². The zero-order valence-electron chi connectivity index (χ0n) is 14.4. The number of carbonyl (C=O) groups excluding carboxylic acids is 1. The Bertz CT molecular complexity index is 842. The number of nitrogens with zero attached hydrogens (tertiary/aromatic N) is 5. The van der Waals surface area contributed by atoms with Crippen LogP contribution in [0.15, 0.2) is 55.2 Å². The van der Waals surface area contributed by atoms with E-state index in [1.807, 2.05) is 61.1 Å². The monoisotopic (exact) mass is 336 g/mol. The van der Waals surface area contributed by atoms with Gasteiger partial charge in [-0.15, -0.1) is 0 Å². The number of nitrogens with one attached hydrogen (secondary N) is 1. The third kappa shape index (κ3) is 3.65. The van der Waals surface area contributed by atoms with Gasteiger partial charge in [0.25, 0.3) is 5.91 Å². The average Bonchev–Trinajstić information content (AvgIpc) is 3.06. The van der Waals surface area contributed by atoms with Crippen molar-refractivity contribution in [3.05, 3.63) is 72.3 Å². The third-order valence-corrected chi connectivity index (χ3v) is 3.93. The molecule has 0 spiro atoms. The van der Waals surface area contributed by atoms with Crippen LogP contribution in [0.2, 0.25) is 0 Å². The van der Waals surface area contributed by atoms with E-state index >= 15 is 0 Å². The highest BCUT2D eigenvalue weighted by Gasteiger charge is 2.22. The zero-order chi connectivity index (χ0) is 17.8. The number of amides is 1. The molecule has 128 valence electrons. The van der Waals surface area contributed by atoms with E-state index in [1.54, 1.807) is 6.20 Å². The third-order valence-electron chi connectivity index (χ3n) is 3.93. The summed E-state index contributed by atoms with van der Waals surface area (Å²) < 4.78 is 1.89. The predicted octanol–water partition coefficient (Wildman–Crippen LogP) is 1.80. The van der Waals surface area contributed by atoms with Gasteiger partial charge in [0.05, 0.1) is 6.20 Å². The summed E-state index contributed by atoms with van der Waals surface area (Å²) in [4.78, 5) is 27.0. The average molecular weight is 336 g/mol. The van der Waals surface area contributed by atoms with Gasteiger partial charge in [-0.05, 0) is 17.7 Å². The molecule has 25 heavy (non-hydrogen) atoms. The van der Waals surface area contributed by atoms with Crippen molar-refractivity contribution in [1.82, 2.24) is 24.8 Å². The maximum absolute atomic E-state index is 12.6. The van der Waals surface area contributed by atoms with Crippen LogP contribution in [-0.2, 0) is 7.05 Å². The van der Waals surface area contributed by atoms with Crippen LogP contribution in [0.3, 0.4) is 0 Å². The minimum atomic E-state index is -0.384. The molecule has 0 bridgehead atoms. The van der Waals surface area contributed by atoms with Gasteiger partial charge in [-0.25, -0.2) is 9.97 Å². The molecule has 0 saturated heterocycles. The summed E-state index contributed by atoms with van der Waals surface area (Å²) in [6.45, 7) is 0. The highest BCUT2D eigenvalue weighted by Crippen LogP contribution is 2.23. The maximum atomic E-state index is 12.6. The van der Waals surface area contributed by atoms with Crippen molar-refractivity contribution in [3.8, 4) is 0 Å². The molecule has 7 heteroatoms. The van der Waals surface area contributed by atoms with Gasteiger partial charge in [0.2, 0.25) is 0 Å². The SMILES string of the molecule is CN(C)c1ccc(C(NC(=O)c2cnccn2)c2nccn2C)cc1. The fraction of sp³-hybridized carbons (Fsp3) is 0.222. The molecule has 1 unspecified atom stereocenters. The van der Waals surface area contributed by atoms with Crippen LogP contribution >= 0.6 is 0 Å². The first kappa shape index (κ1) is 16.6.